The Balaban J connectivity index is 1.76. The minimum atomic E-state index is -4.65. The van der Waals surface area contributed by atoms with Crippen LogP contribution in [0, 0.1) is 0 Å². The molecule has 0 aromatic heterocycles. The van der Waals surface area contributed by atoms with Gasteiger partial charge in [0.2, 0.25) is 0 Å². The maximum atomic E-state index is 12.4. The standard InChI is InChI=1S/C28H26N2O6S2/c29-25-15-13-23(27(17-25)37(31,32)33)11-12-24-14-16-26(18-28(24)38(34,35)36)30(19-21-7-3-1-4-8-21)20-22-9-5-2-6-10-22/h1-18H,19-20,29H2,(H,31,32,33)(H,34,35,36). The van der Waals surface area contributed by atoms with Crippen LogP contribution in [0.2, 0.25) is 0 Å². The first-order valence-electron chi connectivity index (χ1n) is 11.5. The van der Waals surface area contributed by atoms with Crippen LogP contribution in [-0.4, -0.2) is 25.9 Å². The molecule has 0 atom stereocenters. The van der Waals surface area contributed by atoms with E-state index in [1.165, 1.54) is 36.4 Å². The van der Waals surface area contributed by atoms with Crippen molar-refractivity contribution >= 4 is 43.8 Å². The molecule has 0 saturated carbocycles. The van der Waals surface area contributed by atoms with Crippen molar-refractivity contribution in [2.75, 3.05) is 10.6 Å². The van der Waals surface area contributed by atoms with E-state index in [0.29, 0.717) is 18.8 Å². The van der Waals surface area contributed by atoms with Crippen LogP contribution in [0.1, 0.15) is 22.3 Å². The molecule has 0 spiro atoms. The van der Waals surface area contributed by atoms with E-state index in [2.05, 4.69) is 0 Å². The Bertz CT molecular complexity index is 1630. The molecule has 4 aromatic carbocycles. The highest BCUT2D eigenvalue weighted by molar-refractivity contribution is 7.86. The van der Waals surface area contributed by atoms with Crippen molar-refractivity contribution in [3.63, 3.8) is 0 Å². The van der Waals surface area contributed by atoms with Gasteiger partial charge < -0.3 is 10.6 Å². The molecule has 8 nitrogen and oxygen atoms in total. The highest BCUT2D eigenvalue weighted by atomic mass is 32.2. The van der Waals surface area contributed by atoms with Crippen molar-refractivity contribution in [1.29, 1.82) is 0 Å². The molecule has 0 unspecified atom stereocenters. The van der Waals surface area contributed by atoms with Crippen LogP contribution >= 0.6 is 0 Å². The number of nitrogens with zero attached hydrogens (tertiary/aromatic N) is 1. The van der Waals surface area contributed by atoms with Gasteiger partial charge in [-0.25, -0.2) is 0 Å². The molecule has 38 heavy (non-hydrogen) atoms. The van der Waals surface area contributed by atoms with Crippen molar-refractivity contribution < 1.29 is 25.9 Å². The second kappa shape index (κ2) is 11.2. The first kappa shape index (κ1) is 27.1. The summed E-state index contributed by atoms with van der Waals surface area (Å²) >= 11 is 0. The van der Waals surface area contributed by atoms with Crippen LogP contribution in [-0.2, 0) is 33.3 Å². The zero-order valence-corrected chi connectivity index (χ0v) is 21.8. The molecule has 0 aliphatic heterocycles. The first-order valence-corrected chi connectivity index (χ1v) is 14.4. The lowest BCUT2D eigenvalue weighted by atomic mass is 10.1. The summed E-state index contributed by atoms with van der Waals surface area (Å²) in [6.45, 7) is 0.970. The third-order valence-corrected chi connectivity index (χ3v) is 7.65. The number of rotatable bonds is 9. The number of hydrogen-bond donors (Lipinski definition) is 3. The van der Waals surface area contributed by atoms with Crippen molar-refractivity contribution in [3.05, 3.63) is 119 Å². The molecule has 0 saturated heterocycles. The van der Waals surface area contributed by atoms with Crippen molar-refractivity contribution in [2.24, 2.45) is 0 Å². The molecule has 0 aliphatic carbocycles. The number of hydrogen-bond acceptors (Lipinski definition) is 6. The number of nitrogens with two attached hydrogens (primary N) is 1. The van der Waals surface area contributed by atoms with E-state index in [-0.39, 0.29) is 21.7 Å². The van der Waals surface area contributed by atoms with E-state index >= 15 is 0 Å². The topological polar surface area (TPSA) is 138 Å². The normalized spacial score (nSPS) is 12.1. The maximum Gasteiger partial charge on any atom is 0.295 e. The average Bonchev–Trinajstić information content (AvgIpc) is 2.88. The smallest absolute Gasteiger partial charge is 0.295 e. The lowest BCUT2D eigenvalue weighted by molar-refractivity contribution is 0.480. The van der Waals surface area contributed by atoms with Crippen LogP contribution in [0.25, 0.3) is 12.2 Å². The maximum absolute atomic E-state index is 12.4. The summed E-state index contributed by atoms with van der Waals surface area (Å²) in [5.41, 5.74) is 8.61. The van der Waals surface area contributed by atoms with E-state index < -0.39 is 25.1 Å². The highest BCUT2D eigenvalue weighted by Crippen LogP contribution is 2.29. The molecule has 4 aromatic rings. The third-order valence-electron chi connectivity index (χ3n) is 5.83. The predicted molar refractivity (Wildman–Crippen MR) is 149 cm³/mol. The molecule has 0 aliphatic rings. The fraction of sp³-hybridized carbons (Fsp3) is 0.0714. The van der Waals surface area contributed by atoms with Crippen molar-refractivity contribution in [3.8, 4) is 0 Å². The summed E-state index contributed by atoms with van der Waals surface area (Å²) in [5.74, 6) is 0. The fourth-order valence-corrected chi connectivity index (χ4v) is 5.44. The van der Waals surface area contributed by atoms with Gasteiger partial charge in [0.15, 0.2) is 0 Å². The van der Waals surface area contributed by atoms with Crippen LogP contribution in [0.3, 0.4) is 0 Å². The van der Waals surface area contributed by atoms with E-state index in [4.69, 9.17) is 5.73 Å². The summed E-state index contributed by atoms with van der Waals surface area (Å²) < 4.78 is 67.9. The van der Waals surface area contributed by atoms with Gasteiger partial charge in [0.05, 0.1) is 0 Å². The van der Waals surface area contributed by atoms with Gasteiger partial charge in [0.1, 0.15) is 9.79 Å². The lowest BCUT2D eigenvalue weighted by Gasteiger charge is -2.26. The van der Waals surface area contributed by atoms with E-state index in [1.807, 2.05) is 65.6 Å². The van der Waals surface area contributed by atoms with Gasteiger partial charge in [-0.1, -0.05) is 84.9 Å². The van der Waals surface area contributed by atoms with E-state index in [0.717, 1.165) is 17.2 Å². The first-order chi connectivity index (χ1) is 18.0. The molecule has 0 heterocycles. The summed E-state index contributed by atoms with van der Waals surface area (Å²) in [5, 5.41) is 0. The molecule has 4 N–H and O–H groups in total. The Kier molecular flexibility index (Phi) is 7.98. The van der Waals surface area contributed by atoms with Gasteiger partial charge in [0, 0.05) is 24.5 Å². The zero-order valence-electron chi connectivity index (χ0n) is 20.2. The molecule has 10 heteroatoms. The number of anilines is 2. The third kappa shape index (κ3) is 6.87. The second-order valence-electron chi connectivity index (χ2n) is 8.63. The van der Waals surface area contributed by atoms with Crippen LogP contribution in [0.4, 0.5) is 11.4 Å². The molecular formula is C28H26N2O6S2. The quantitative estimate of drug-likeness (QED) is 0.148. The average molecular weight is 551 g/mol. The van der Waals surface area contributed by atoms with Crippen molar-refractivity contribution in [2.45, 2.75) is 22.9 Å². The Labute approximate surface area is 222 Å². The predicted octanol–water partition coefficient (Wildman–Crippen LogP) is 5.14. The molecule has 0 radical (unpaired) electrons. The van der Waals surface area contributed by atoms with Gasteiger partial charge >= 0.3 is 0 Å². The Morgan fingerprint density at radius 3 is 1.55 bits per heavy atom. The van der Waals surface area contributed by atoms with E-state index in [1.54, 1.807) is 6.07 Å². The zero-order chi connectivity index (χ0) is 27.3. The molecule has 196 valence electrons. The lowest BCUT2D eigenvalue weighted by Crippen LogP contribution is -2.22. The summed E-state index contributed by atoms with van der Waals surface area (Å²) in [7, 11) is -9.23. The minimum Gasteiger partial charge on any atom is -0.399 e. The van der Waals surface area contributed by atoms with E-state index in [9.17, 15) is 25.9 Å². The number of benzene rings is 4. The molecule has 0 bridgehead atoms. The molecule has 0 fully saturated rings. The Hall–Kier alpha value is -3.96. The fourth-order valence-electron chi connectivity index (χ4n) is 4.02. The van der Waals surface area contributed by atoms with Crippen LogP contribution < -0.4 is 10.6 Å². The van der Waals surface area contributed by atoms with Gasteiger partial charge in [-0.15, -0.1) is 0 Å². The van der Waals surface area contributed by atoms with Gasteiger partial charge in [-0.3, -0.25) is 9.11 Å². The number of nitrogen functional groups attached to an aromatic ring is 1. The summed E-state index contributed by atoms with van der Waals surface area (Å²) in [6.07, 6.45) is 2.68. The SMILES string of the molecule is Nc1ccc(C=Cc2ccc(N(Cc3ccccc3)Cc3ccccc3)cc2S(=O)(=O)O)c(S(=O)(=O)O)c1. The minimum absolute atomic E-state index is 0.0989. The van der Waals surface area contributed by atoms with Crippen LogP contribution in [0.5, 0.6) is 0 Å². The van der Waals surface area contributed by atoms with Crippen molar-refractivity contribution in [1.82, 2.24) is 0 Å². The highest BCUT2D eigenvalue weighted by Gasteiger charge is 2.19. The van der Waals surface area contributed by atoms with Crippen LogP contribution in [0.15, 0.2) is 107 Å². The molecular weight excluding hydrogens is 524 g/mol. The van der Waals surface area contributed by atoms with Gasteiger partial charge in [0.25, 0.3) is 20.2 Å². The van der Waals surface area contributed by atoms with Gasteiger partial charge in [-0.05, 0) is 46.5 Å². The largest absolute Gasteiger partial charge is 0.399 e. The monoisotopic (exact) mass is 550 g/mol. The molecule has 0 amide bonds. The molecule has 4 rings (SSSR count). The second-order valence-corrected chi connectivity index (χ2v) is 11.4. The summed E-state index contributed by atoms with van der Waals surface area (Å²) in [4.78, 5) is 1.22. The Morgan fingerprint density at radius 1 is 0.632 bits per heavy atom. The van der Waals surface area contributed by atoms with Gasteiger partial charge in [-0.2, -0.15) is 16.8 Å². The summed E-state index contributed by atoms with van der Waals surface area (Å²) in [6, 6.07) is 28.0. The Morgan fingerprint density at radius 2 is 1.08 bits per heavy atom.